The topological polar surface area (TPSA) is 41.5 Å². The van der Waals surface area contributed by atoms with Crippen LogP contribution in [0.15, 0.2) is 0 Å². The van der Waals surface area contributed by atoms with E-state index in [9.17, 15) is 5.11 Å². The van der Waals surface area contributed by atoms with Crippen molar-refractivity contribution in [2.75, 3.05) is 20.3 Å². The van der Waals surface area contributed by atoms with E-state index in [0.717, 1.165) is 31.3 Å². The molecule has 108 valence electrons. The van der Waals surface area contributed by atoms with E-state index in [-0.39, 0.29) is 12.1 Å². The summed E-state index contributed by atoms with van der Waals surface area (Å²) in [6.45, 7) is 7.74. The normalized spacial score (nSPS) is 32.2. The molecule has 1 saturated carbocycles. The molecule has 3 nitrogen and oxygen atoms in total. The largest absolute Gasteiger partial charge is 0.394 e. The third-order valence-electron chi connectivity index (χ3n) is 4.73. The van der Waals surface area contributed by atoms with Crippen molar-refractivity contribution in [3.05, 3.63) is 0 Å². The molecule has 0 bridgehead atoms. The predicted octanol–water partition coefficient (Wildman–Crippen LogP) is 2.58. The van der Waals surface area contributed by atoms with Crippen LogP contribution in [0, 0.1) is 11.8 Å². The third-order valence-corrected chi connectivity index (χ3v) is 4.73. The molecule has 1 rings (SSSR count). The van der Waals surface area contributed by atoms with Crippen molar-refractivity contribution in [2.45, 2.75) is 64.5 Å². The van der Waals surface area contributed by atoms with Crippen LogP contribution in [0.2, 0.25) is 0 Å². The lowest BCUT2D eigenvalue weighted by Gasteiger charge is -2.32. The summed E-state index contributed by atoms with van der Waals surface area (Å²) in [4.78, 5) is 0. The van der Waals surface area contributed by atoms with Gasteiger partial charge in [0.1, 0.15) is 0 Å². The van der Waals surface area contributed by atoms with Crippen LogP contribution >= 0.6 is 0 Å². The SMILES string of the molecule is CNC(C)(CO)CCCOC1CCC(C)C(C)C1. The minimum atomic E-state index is -0.155. The van der Waals surface area contributed by atoms with Gasteiger partial charge in [-0.25, -0.2) is 0 Å². The number of hydrogen-bond donors (Lipinski definition) is 2. The zero-order valence-electron chi connectivity index (χ0n) is 12.5. The maximum Gasteiger partial charge on any atom is 0.0610 e. The Morgan fingerprint density at radius 1 is 1.28 bits per heavy atom. The molecule has 4 unspecified atom stereocenters. The molecule has 1 aliphatic rings. The average Bonchev–Trinajstić information content (AvgIpc) is 2.38. The summed E-state index contributed by atoms with van der Waals surface area (Å²) >= 11 is 0. The van der Waals surface area contributed by atoms with Crippen molar-refractivity contribution >= 4 is 0 Å². The van der Waals surface area contributed by atoms with Crippen LogP contribution in [0.1, 0.15) is 52.9 Å². The molecule has 0 aromatic rings. The molecule has 0 amide bonds. The van der Waals surface area contributed by atoms with Crippen LogP contribution in [0.25, 0.3) is 0 Å². The van der Waals surface area contributed by atoms with Crippen LogP contribution in [0.5, 0.6) is 0 Å². The zero-order chi connectivity index (χ0) is 13.6. The molecule has 0 spiro atoms. The minimum absolute atomic E-state index is 0.155. The van der Waals surface area contributed by atoms with E-state index in [1.54, 1.807) is 0 Å². The van der Waals surface area contributed by atoms with Gasteiger partial charge in [0.2, 0.25) is 0 Å². The van der Waals surface area contributed by atoms with E-state index in [1.165, 1.54) is 19.3 Å². The number of aliphatic hydroxyl groups is 1. The number of nitrogens with one attached hydrogen (secondary N) is 1. The van der Waals surface area contributed by atoms with Crippen molar-refractivity contribution in [3.8, 4) is 0 Å². The highest BCUT2D eigenvalue weighted by Crippen LogP contribution is 2.31. The standard InChI is InChI=1S/C15H31NO2/c1-12-6-7-14(10-13(12)2)18-9-5-8-15(3,11-17)16-4/h12-14,16-17H,5-11H2,1-4H3. The highest BCUT2D eigenvalue weighted by atomic mass is 16.5. The second-order valence-electron chi connectivity index (χ2n) is 6.33. The maximum absolute atomic E-state index is 9.29. The summed E-state index contributed by atoms with van der Waals surface area (Å²) in [6, 6.07) is 0. The van der Waals surface area contributed by atoms with E-state index in [1.807, 2.05) is 7.05 Å². The Hall–Kier alpha value is -0.120. The number of ether oxygens (including phenoxy) is 1. The Kier molecular flexibility index (Phi) is 6.61. The summed E-state index contributed by atoms with van der Waals surface area (Å²) in [5, 5.41) is 12.5. The first-order valence-corrected chi connectivity index (χ1v) is 7.42. The molecule has 0 aliphatic heterocycles. The quantitative estimate of drug-likeness (QED) is 0.689. The van der Waals surface area contributed by atoms with Crippen LogP contribution in [0.3, 0.4) is 0 Å². The van der Waals surface area contributed by atoms with Crippen molar-refractivity contribution in [1.29, 1.82) is 0 Å². The Labute approximate surface area is 112 Å². The molecule has 0 heterocycles. The van der Waals surface area contributed by atoms with Gasteiger partial charge in [-0.1, -0.05) is 13.8 Å². The fourth-order valence-corrected chi connectivity index (χ4v) is 2.64. The monoisotopic (exact) mass is 257 g/mol. The lowest BCUT2D eigenvalue weighted by Crippen LogP contribution is -2.43. The van der Waals surface area contributed by atoms with Gasteiger partial charge in [0.25, 0.3) is 0 Å². The van der Waals surface area contributed by atoms with Gasteiger partial charge < -0.3 is 15.2 Å². The number of likely N-dealkylation sites (N-methyl/N-ethyl adjacent to an activating group) is 1. The van der Waals surface area contributed by atoms with Gasteiger partial charge in [0.15, 0.2) is 0 Å². The van der Waals surface area contributed by atoms with Crippen molar-refractivity contribution in [2.24, 2.45) is 11.8 Å². The van der Waals surface area contributed by atoms with Crippen LogP contribution in [-0.2, 0) is 4.74 Å². The van der Waals surface area contributed by atoms with E-state index in [2.05, 4.69) is 26.1 Å². The molecule has 3 heteroatoms. The van der Waals surface area contributed by atoms with Gasteiger partial charge in [-0.15, -0.1) is 0 Å². The van der Waals surface area contributed by atoms with Gasteiger partial charge in [-0.2, -0.15) is 0 Å². The lowest BCUT2D eigenvalue weighted by molar-refractivity contribution is -0.00173. The van der Waals surface area contributed by atoms with Crippen molar-refractivity contribution < 1.29 is 9.84 Å². The molecule has 0 saturated heterocycles. The van der Waals surface area contributed by atoms with Gasteiger partial charge >= 0.3 is 0 Å². The lowest BCUT2D eigenvalue weighted by atomic mass is 9.80. The minimum Gasteiger partial charge on any atom is -0.394 e. The van der Waals surface area contributed by atoms with Gasteiger partial charge in [-0.05, 0) is 57.9 Å². The fraction of sp³-hybridized carbons (Fsp3) is 1.00. The second kappa shape index (κ2) is 7.46. The summed E-state index contributed by atoms with van der Waals surface area (Å²) in [5.41, 5.74) is -0.155. The van der Waals surface area contributed by atoms with Crippen LogP contribution in [-0.4, -0.2) is 37.0 Å². The maximum atomic E-state index is 9.29. The van der Waals surface area contributed by atoms with Gasteiger partial charge in [0.05, 0.1) is 12.7 Å². The summed E-state index contributed by atoms with van der Waals surface area (Å²) in [5.74, 6) is 1.65. The van der Waals surface area contributed by atoms with Gasteiger partial charge in [-0.3, -0.25) is 0 Å². The first kappa shape index (κ1) is 15.9. The molecular formula is C15H31NO2. The average molecular weight is 257 g/mol. The number of aliphatic hydroxyl groups excluding tert-OH is 1. The van der Waals surface area contributed by atoms with Crippen molar-refractivity contribution in [1.82, 2.24) is 5.32 Å². The van der Waals surface area contributed by atoms with Gasteiger partial charge in [0, 0.05) is 12.1 Å². The van der Waals surface area contributed by atoms with E-state index < -0.39 is 0 Å². The number of hydrogen-bond acceptors (Lipinski definition) is 3. The molecule has 0 aromatic carbocycles. The summed E-state index contributed by atoms with van der Waals surface area (Å²) in [7, 11) is 1.90. The van der Waals surface area contributed by atoms with E-state index in [0.29, 0.717) is 6.10 Å². The first-order valence-electron chi connectivity index (χ1n) is 7.42. The Morgan fingerprint density at radius 2 is 2.00 bits per heavy atom. The molecular weight excluding hydrogens is 226 g/mol. The second-order valence-corrected chi connectivity index (χ2v) is 6.33. The third kappa shape index (κ3) is 4.87. The molecule has 0 radical (unpaired) electrons. The molecule has 1 fully saturated rings. The Bertz CT molecular complexity index is 229. The molecule has 4 atom stereocenters. The Balaban J connectivity index is 2.15. The molecule has 1 aliphatic carbocycles. The summed E-state index contributed by atoms with van der Waals surface area (Å²) < 4.78 is 5.98. The summed E-state index contributed by atoms with van der Waals surface area (Å²) in [6.07, 6.45) is 6.17. The smallest absolute Gasteiger partial charge is 0.0610 e. The Morgan fingerprint density at radius 3 is 2.56 bits per heavy atom. The van der Waals surface area contributed by atoms with Crippen LogP contribution < -0.4 is 5.32 Å². The van der Waals surface area contributed by atoms with Crippen LogP contribution in [0.4, 0.5) is 0 Å². The first-order chi connectivity index (χ1) is 8.50. The highest BCUT2D eigenvalue weighted by molar-refractivity contribution is 4.80. The number of rotatable bonds is 7. The molecule has 0 aromatic heterocycles. The predicted molar refractivity (Wildman–Crippen MR) is 75.7 cm³/mol. The zero-order valence-corrected chi connectivity index (χ0v) is 12.5. The molecule has 18 heavy (non-hydrogen) atoms. The van der Waals surface area contributed by atoms with Crippen molar-refractivity contribution in [3.63, 3.8) is 0 Å². The van der Waals surface area contributed by atoms with E-state index in [4.69, 9.17) is 4.74 Å². The fourth-order valence-electron chi connectivity index (χ4n) is 2.64. The van der Waals surface area contributed by atoms with E-state index >= 15 is 0 Å². The highest BCUT2D eigenvalue weighted by Gasteiger charge is 2.25. The molecule has 2 N–H and O–H groups in total.